The van der Waals surface area contributed by atoms with Gasteiger partial charge in [0, 0.05) is 0 Å². The van der Waals surface area contributed by atoms with Gasteiger partial charge in [-0.05, 0) is 6.92 Å². The summed E-state index contributed by atoms with van der Waals surface area (Å²) in [5.74, 6) is -0.490. The van der Waals surface area contributed by atoms with Gasteiger partial charge in [-0.1, -0.05) is 0 Å². The van der Waals surface area contributed by atoms with Crippen LogP contribution in [-0.4, -0.2) is 41.3 Å². The van der Waals surface area contributed by atoms with E-state index < -0.39 is 12.0 Å². The Morgan fingerprint density at radius 1 is 1.82 bits per heavy atom. The molecule has 0 unspecified atom stereocenters. The van der Waals surface area contributed by atoms with E-state index in [0.717, 1.165) is 4.90 Å². The molecule has 1 fully saturated rings. The van der Waals surface area contributed by atoms with Crippen LogP contribution in [0.4, 0.5) is 4.79 Å². The Morgan fingerprint density at radius 3 is 2.82 bits per heavy atom. The topological polar surface area (TPSA) is 66.8 Å². The fourth-order valence-corrected chi connectivity index (χ4v) is 1.00. The molecule has 0 spiro atoms. The van der Waals surface area contributed by atoms with Gasteiger partial charge in [-0.15, -0.1) is 0 Å². The maximum Gasteiger partial charge on any atom is 0.414 e. The molecule has 0 aromatic carbocycles. The lowest BCUT2D eigenvalue weighted by Crippen LogP contribution is -2.50. The normalized spacial score (nSPS) is 25.4. The fourth-order valence-electron chi connectivity index (χ4n) is 1.00. The number of hydrogen-bond acceptors (Lipinski definition) is 3. The summed E-state index contributed by atoms with van der Waals surface area (Å²) in [7, 11) is 0. The minimum Gasteiger partial charge on any atom is -0.465 e. The molecule has 1 N–H and O–H groups in total. The van der Waals surface area contributed by atoms with Gasteiger partial charge >= 0.3 is 6.09 Å². The summed E-state index contributed by atoms with van der Waals surface area (Å²) in [5, 5.41) is 8.53. The van der Waals surface area contributed by atoms with E-state index in [-0.39, 0.29) is 19.3 Å². The highest BCUT2D eigenvalue weighted by atomic mass is 16.5. The van der Waals surface area contributed by atoms with E-state index in [4.69, 9.17) is 9.84 Å². The lowest BCUT2D eigenvalue weighted by molar-refractivity contribution is -0.143. The fraction of sp³-hybridized carbons (Fsp3) is 0.667. The van der Waals surface area contributed by atoms with Gasteiger partial charge in [-0.25, -0.2) is 9.69 Å². The molecule has 11 heavy (non-hydrogen) atoms. The number of rotatable bonds is 0. The summed E-state index contributed by atoms with van der Waals surface area (Å²) < 4.78 is 4.82. The Hall–Kier alpha value is -1.10. The molecule has 5 heteroatoms. The molecule has 0 saturated carbocycles. The molecule has 62 valence electrons. The number of hydrogen-bond donors (Lipinski definition) is 1. The molecule has 2 amide bonds. The number of morpholine rings is 1. The molecule has 0 aromatic heterocycles. The summed E-state index contributed by atoms with van der Waals surface area (Å²) in [6.07, 6.45) is -1.20. The van der Waals surface area contributed by atoms with Crippen molar-refractivity contribution in [2.24, 2.45) is 0 Å². The third kappa shape index (κ3) is 1.48. The summed E-state index contributed by atoms with van der Waals surface area (Å²) in [6, 6.07) is -0.367. The van der Waals surface area contributed by atoms with Crippen LogP contribution in [0, 0.1) is 0 Å². The Balaban J connectivity index is 2.70. The van der Waals surface area contributed by atoms with E-state index in [9.17, 15) is 9.59 Å². The van der Waals surface area contributed by atoms with E-state index >= 15 is 0 Å². The number of imide groups is 1. The van der Waals surface area contributed by atoms with Crippen LogP contribution in [0.1, 0.15) is 6.92 Å². The smallest absolute Gasteiger partial charge is 0.414 e. The zero-order valence-corrected chi connectivity index (χ0v) is 6.11. The first-order valence-electron chi connectivity index (χ1n) is 3.25. The summed E-state index contributed by atoms with van der Waals surface area (Å²) in [5.41, 5.74) is 0. The van der Waals surface area contributed by atoms with Gasteiger partial charge < -0.3 is 9.84 Å². The molecule has 1 rings (SSSR count). The van der Waals surface area contributed by atoms with Gasteiger partial charge in [-0.2, -0.15) is 0 Å². The van der Waals surface area contributed by atoms with Crippen LogP contribution in [0.2, 0.25) is 0 Å². The minimum atomic E-state index is -1.20. The molecule has 1 atom stereocenters. The molecular formula is C6H9NO4. The van der Waals surface area contributed by atoms with Crippen molar-refractivity contribution in [3.8, 4) is 0 Å². The highest BCUT2D eigenvalue weighted by Gasteiger charge is 2.30. The monoisotopic (exact) mass is 159 g/mol. The molecule has 5 nitrogen and oxygen atoms in total. The zero-order chi connectivity index (χ0) is 8.43. The van der Waals surface area contributed by atoms with Crippen molar-refractivity contribution >= 4 is 12.0 Å². The third-order valence-electron chi connectivity index (χ3n) is 1.50. The maximum atomic E-state index is 10.9. The van der Waals surface area contributed by atoms with Crippen LogP contribution in [0.15, 0.2) is 0 Å². The van der Waals surface area contributed by atoms with Crippen LogP contribution >= 0.6 is 0 Å². The molecule has 1 aliphatic rings. The molecule has 1 saturated heterocycles. The van der Waals surface area contributed by atoms with Gasteiger partial charge in [-0.3, -0.25) is 4.79 Å². The standard InChI is InChI=1S/C6H9NO4/c1-4-2-11-3-5(8)7(4)6(9)10/h4H,2-3H2,1H3,(H,9,10)/t4-/m0/s1. The Labute approximate surface area is 63.5 Å². The second-order valence-corrected chi connectivity index (χ2v) is 2.41. The molecule has 0 bridgehead atoms. The van der Waals surface area contributed by atoms with E-state index in [0.29, 0.717) is 0 Å². The minimum absolute atomic E-state index is 0.128. The molecule has 1 aliphatic heterocycles. The molecule has 0 aromatic rings. The van der Waals surface area contributed by atoms with Crippen LogP contribution in [0.25, 0.3) is 0 Å². The Morgan fingerprint density at radius 2 is 2.45 bits per heavy atom. The van der Waals surface area contributed by atoms with Crippen LogP contribution in [0.5, 0.6) is 0 Å². The average molecular weight is 159 g/mol. The molecule has 0 aliphatic carbocycles. The van der Waals surface area contributed by atoms with Crippen LogP contribution in [-0.2, 0) is 9.53 Å². The van der Waals surface area contributed by atoms with Crippen LogP contribution in [0.3, 0.4) is 0 Å². The van der Waals surface area contributed by atoms with Gasteiger partial charge in [0.1, 0.15) is 6.61 Å². The number of carbonyl (C=O) groups is 2. The summed E-state index contributed by atoms with van der Waals surface area (Å²) in [4.78, 5) is 22.1. The largest absolute Gasteiger partial charge is 0.465 e. The van der Waals surface area contributed by atoms with Gasteiger partial charge in [0.25, 0.3) is 5.91 Å². The van der Waals surface area contributed by atoms with E-state index in [1.165, 1.54) is 0 Å². The lowest BCUT2D eigenvalue weighted by Gasteiger charge is -2.28. The summed E-state index contributed by atoms with van der Waals surface area (Å²) >= 11 is 0. The molecule has 0 radical (unpaired) electrons. The van der Waals surface area contributed by atoms with Crippen molar-refractivity contribution < 1.29 is 19.4 Å². The first-order chi connectivity index (χ1) is 5.13. The molecular weight excluding hydrogens is 150 g/mol. The van der Waals surface area contributed by atoms with E-state index in [1.54, 1.807) is 6.92 Å². The number of carboxylic acid groups (broad SMARTS) is 1. The van der Waals surface area contributed by atoms with Crippen molar-refractivity contribution in [2.45, 2.75) is 13.0 Å². The second-order valence-electron chi connectivity index (χ2n) is 2.41. The number of amides is 2. The van der Waals surface area contributed by atoms with E-state index in [1.807, 2.05) is 0 Å². The zero-order valence-electron chi connectivity index (χ0n) is 6.11. The van der Waals surface area contributed by atoms with E-state index in [2.05, 4.69) is 0 Å². The van der Waals surface area contributed by atoms with Crippen LogP contribution < -0.4 is 0 Å². The first-order valence-corrected chi connectivity index (χ1v) is 3.25. The summed E-state index contributed by atoms with van der Waals surface area (Å²) in [6.45, 7) is 1.79. The highest BCUT2D eigenvalue weighted by Crippen LogP contribution is 2.06. The average Bonchev–Trinajstić information content (AvgIpc) is 1.85. The van der Waals surface area contributed by atoms with Crippen molar-refractivity contribution in [1.82, 2.24) is 4.90 Å². The number of ether oxygens (including phenoxy) is 1. The predicted octanol–water partition coefficient (Wildman–Crippen LogP) is -0.0883. The second kappa shape index (κ2) is 2.87. The Bertz CT molecular complexity index is 191. The number of carbonyl (C=O) groups excluding carboxylic acids is 1. The first kappa shape index (κ1) is 8.00. The van der Waals surface area contributed by atoms with Crippen molar-refractivity contribution in [3.05, 3.63) is 0 Å². The lowest BCUT2D eigenvalue weighted by atomic mass is 10.3. The number of nitrogens with zero attached hydrogens (tertiary/aromatic N) is 1. The van der Waals surface area contributed by atoms with Crippen molar-refractivity contribution in [1.29, 1.82) is 0 Å². The molecule has 1 heterocycles. The maximum absolute atomic E-state index is 10.9. The third-order valence-corrected chi connectivity index (χ3v) is 1.50. The predicted molar refractivity (Wildman–Crippen MR) is 35.2 cm³/mol. The SMILES string of the molecule is C[C@H]1COCC(=O)N1C(=O)O. The highest BCUT2D eigenvalue weighted by molar-refractivity contribution is 5.92. The van der Waals surface area contributed by atoms with Crippen molar-refractivity contribution in [3.63, 3.8) is 0 Å². The van der Waals surface area contributed by atoms with Crippen molar-refractivity contribution in [2.75, 3.05) is 13.2 Å². The quantitative estimate of drug-likeness (QED) is 0.536. The van der Waals surface area contributed by atoms with Gasteiger partial charge in [0.2, 0.25) is 0 Å². The Kier molecular flexibility index (Phi) is 2.09. The van der Waals surface area contributed by atoms with Gasteiger partial charge in [0.05, 0.1) is 12.6 Å². The van der Waals surface area contributed by atoms with Gasteiger partial charge in [0.15, 0.2) is 0 Å².